The van der Waals surface area contributed by atoms with Crippen LogP contribution >= 0.6 is 0 Å². The number of hydrogen-bond donors (Lipinski definition) is 2. The average Bonchev–Trinajstić information content (AvgIpc) is 3.20. The van der Waals surface area contributed by atoms with E-state index >= 15 is 0 Å². The van der Waals surface area contributed by atoms with Gasteiger partial charge in [-0.15, -0.1) is 0 Å². The number of amides is 1. The molecule has 0 saturated heterocycles. The topological polar surface area (TPSA) is 97.6 Å². The average molecular weight is 444 g/mol. The van der Waals surface area contributed by atoms with Crippen molar-refractivity contribution in [3.05, 3.63) is 70.8 Å². The van der Waals surface area contributed by atoms with E-state index in [1.165, 1.54) is 0 Å². The van der Waals surface area contributed by atoms with Crippen molar-refractivity contribution in [3.8, 4) is 0 Å². The fraction of sp³-hybridized carbons (Fsp3) is 0.320. The second-order valence-electron chi connectivity index (χ2n) is 8.37. The highest BCUT2D eigenvalue weighted by atomic mass is 16.1. The lowest BCUT2D eigenvalue weighted by Gasteiger charge is -2.18. The fourth-order valence-corrected chi connectivity index (χ4v) is 3.71. The molecular weight excluding hydrogens is 414 g/mol. The summed E-state index contributed by atoms with van der Waals surface area (Å²) >= 11 is 0. The van der Waals surface area contributed by atoms with Gasteiger partial charge in [-0.3, -0.25) is 14.5 Å². The number of nitrogens with zero attached hydrogens (tertiary/aromatic N) is 5. The molecule has 4 aromatic rings. The summed E-state index contributed by atoms with van der Waals surface area (Å²) < 4.78 is 1.82. The molecule has 0 radical (unpaired) electrons. The molecule has 1 aromatic carbocycles. The summed E-state index contributed by atoms with van der Waals surface area (Å²) in [6.45, 7) is 10.9. The minimum absolute atomic E-state index is 0.0386. The predicted molar refractivity (Wildman–Crippen MR) is 130 cm³/mol. The van der Waals surface area contributed by atoms with Gasteiger partial charge >= 0.3 is 0 Å². The third-order valence-electron chi connectivity index (χ3n) is 5.76. The first-order valence-corrected chi connectivity index (χ1v) is 11.1. The van der Waals surface area contributed by atoms with Crippen molar-refractivity contribution in [1.82, 2.24) is 24.7 Å². The van der Waals surface area contributed by atoms with Gasteiger partial charge in [0.25, 0.3) is 0 Å². The highest BCUT2D eigenvalue weighted by Gasteiger charge is 2.13. The lowest BCUT2D eigenvalue weighted by molar-refractivity contribution is -0.115. The van der Waals surface area contributed by atoms with Crippen LogP contribution in [0.2, 0.25) is 0 Å². The van der Waals surface area contributed by atoms with Gasteiger partial charge < -0.3 is 10.6 Å². The number of aromatic nitrogens is 5. The van der Waals surface area contributed by atoms with E-state index in [4.69, 9.17) is 0 Å². The third-order valence-corrected chi connectivity index (χ3v) is 5.76. The van der Waals surface area contributed by atoms with E-state index in [9.17, 15) is 4.79 Å². The first kappa shape index (κ1) is 22.4. The Labute approximate surface area is 193 Å². The van der Waals surface area contributed by atoms with Crippen molar-refractivity contribution < 1.29 is 4.79 Å². The van der Waals surface area contributed by atoms with E-state index in [-0.39, 0.29) is 18.4 Å². The Morgan fingerprint density at radius 3 is 2.64 bits per heavy atom. The molecule has 8 heteroatoms. The van der Waals surface area contributed by atoms with Gasteiger partial charge in [0.2, 0.25) is 11.6 Å². The summed E-state index contributed by atoms with van der Waals surface area (Å²) in [6, 6.07) is 7.85. The lowest BCUT2D eigenvalue weighted by atomic mass is 10.0. The van der Waals surface area contributed by atoms with Crippen molar-refractivity contribution in [1.29, 1.82) is 0 Å². The van der Waals surface area contributed by atoms with Crippen LogP contribution in [0.15, 0.2) is 42.9 Å². The van der Waals surface area contributed by atoms with Gasteiger partial charge in [0.1, 0.15) is 11.3 Å². The van der Waals surface area contributed by atoms with Crippen LogP contribution < -0.4 is 10.6 Å². The maximum atomic E-state index is 12.6. The fourth-order valence-electron chi connectivity index (χ4n) is 3.71. The number of aryl methyl sites for hydroxylation is 4. The summed E-state index contributed by atoms with van der Waals surface area (Å²) in [6.07, 6.45) is 5.65. The molecule has 0 saturated carbocycles. The minimum Gasteiger partial charge on any atom is -0.362 e. The number of hydrogen-bond acceptors (Lipinski definition) is 6. The quantitative estimate of drug-likeness (QED) is 0.436. The Hall–Kier alpha value is -3.81. The first-order chi connectivity index (χ1) is 15.8. The molecule has 0 aliphatic rings. The highest BCUT2D eigenvalue weighted by molar-refractivity contribution is 5.92. The second-order valence-corrected chi connectivity index (χ2v) is 8.37. The summed E-state index contributed by atoms with van der Waals surface area (Å²) in [4.78, 5) is 26.0. The third kappa shape index (κ3) is 5.16. The van der Waals surface area contributed by atoms with Crippen LogP contribution in [0.1, 0.15) is 47.8 Å². The van der Waals surface area contributed by atoms with Crippen LogP contribution in [0.3, 0.4) is 0 Å². The Morgan fingerprint density at radius 1 is 1.06 bits per heavy atom. The predicted octanol–water partition coefficient (Wildman–Crippen LogP) is 4.52. The van der Waals surface area contributed by atoms with Gasteiger partial charge in [-0.05, 0) is 75.1 Å². The van der Waals surface area contributed by atoms with E-state index in [2.05, 4.69) is 44.5 Å². The zero-order valence-electron chi connectivity index (χ0n) is 19.7. The van der Waals surface area contributed by atoms with Crippen LogP contribution in [0.25, 0.3) is 11.2 Å². The van der Waals surface area contributed by atoms with E-state index in [1.54, 1.807) is 6.20 Å². The van der Waals surface area contributed by atoms with Gasteiger partial charge in [0, 0.05) is 24.1 Å². The van der Waals surface area contributed by atoms with Crippen molar-refractivity contribution >= 4 is 28.6 Å². The smallest absolute Gasteiger partial charge is 0.230 e. The Balaban J connectivity index is 1.46. The number of rotatable bonds is 7. The molecule has 0 unspecified atom stereocenters. The number of carbonyl (C=O) groups excluding carboxylic acids is 1. The van der Waals surface area contributed by atoms with Crippen molar-refractivity contribution in [2.45, 2.75) is 53.6 Å². The Bertz CT molecular complexity index is 1310. The zero-order chi connectivity index (χ0) is 23.5. The number of benzene rings is 1. The second kappa shape index (κ2) is 9.36. The van der Waals surface area contributed by atoms with Crippen molar-refractivity contribution in [2.75, 3.05) is 10.6 Å². The Kier molecular flexibility index (Phi) is 6.35. The van der Waals surface area contributed by atoms with Gasteiger partial charge in [-0.2, -0.15) is 5.10 Å². The van der Waals surface area contributed by atoms with Crippen LogP contribution in [0.5, 0.6) is 0 Å². The molecule has 0 aliphatic carbocycles. The van der Waals surface area contributed by atoms with E-state index < -0.39 is 0 Å². The molecule has 0 bridgehead atoms. The van der Waals surface area contributed by atoms with Crippen molar-refractivity contribution in [3.63, 3.8) is 0 Å². The molecule has 0 fully saturated rings. The molecule has 8 nitrogen and oxygen atoms in total. The minimum atomic E-state index is -0.0935. The summed E-state index contributed by atoms with van der Waals surface area (Å²) in [5.41, 5.74) is 7.34. The standard InChI is InChI=1S/C25H29N7O/c1-6-32-14-22-25(31-32)30-23(13-27-22)28-18(5)21-10-19(8-7-15(21)2)29-24(33)11-20-9-16(3)17(4)12-26-20/h7-10,12-14,18H,6,11H2,1-5H3,(H,29,33)(H,28,30,31)/t18-/m0/s1. The molecule has 0 spiro atoms. The Morgan fingerprint density at radius 2 is 1.88 bits per heavy atom. The summed E-state index contributed by atoms with van der Waals surface area (Å²) in [5, 5.41) is 10.8. The van der Waals surface area contributed by atoms with E-state index in [0.717, 1.165) is 45.7 Å². The zero-order valence-corrected chi connectivity index (χ0v) is 19.7. The summed E-state index contributed by atoms with van der Waals surface area (Å²) in [5.74, 6) is 0.565. The number of anilines is 2. The normalized spacial score (nSPS) is 12.0. The molecule has 33 heavy (non-hydrogen) atoms. The van der Waals surface area contributed by atoms with Crippen LogP contribution in [-0.4, -0.2) is 30.6 Å². The van der Waals surface area contributed by atoms with Gasteiger partial charge in [0.15, 0.2) is 0 Å². The molecule has 1 amide bonds. The maximum Gasteiger partial charge on any atom is 0.230 e. The molecule has 4 rings (SSSR count). The number of nitrogens with one attached hydrogen (secondary N) is 2. The van der Waals surface area contributed by atoms with Gasteiger partial charge in [-0.25, -0.2) is 9.97 Å². The molecule has 170 valence electrons. The van der Waals surface area contributed by atoms with Crippen LogP contribution in [0.4, 0.5) is 11.5 Å². The van der Waals surface area contributed by atoms with E-state index in [1.807, 2.05) is 62.1 Å². The molecule has 3 heterocycles. The van der Waals surface area contributed by atoms with Crippen molar-refractivity contribution in [2.24, 2.45) is 0 Å². The number of carbonyl (C=O) groups is 1. The number of fused-ring (bicyclic) bond motifs is 1. The lowest BCUT2D eigenvalue weighted by Crippen LogP contribution is -2.16. The monoisotopic (exact) mass is 443 g/mol. The largest absolute Gasteiger partial charge is 0.362 e. The van der Waals surface area contributed by atoms with Gasteiger partial charge in [-0.1, -0.05) is 6.07 Å². The van der Waals surface area contributed by atoms with Gasteiger partial charge in [0.05, 0.1) is 24.9 Å². The van der Waals surface area contributed by atoms with E-state index in [0.29, 0.717) is 11.5 Å². The first-order valence-electron chi connectivity index (χ1n) is 11.1. The van der Waals surface area contributed by atoms with Crippen LogP contribution in [0, 0.1) is 20.8 Å². The highest BCUT2D eigenvalue weighted by Crippen LogP contribution is 2.25. The maximum absolute atomic E-state index is 12.6. The summed E-state index contributed by atoms with van der Waals surface area (Å²) in [7, 11) is 0. The SMILES string of the molecule is CCn1cc2ncc(N[C@@H](C)c3cc(NC(=O)Cc4cc(C)c(C)cn4)ccc3C)nc2n1. The molecule has 2 N–H and O–H groups in total. The molecular formula is C25H29N7O. The molecule has 0 aliphatic heterocycles. The number of pyridine rings is 1. The molecule has 3 aromatic heterocycles. The van der Waals surface area contributed by atoms with Crippen LogP contribution in [-0.2, 0) is 17.8 Å². The molecule has 1 atom stereocenters.